The van der Waals surface area contributed by atoms with E-state index in [4.69, 9.17) is 9.47 Å². The summed E-state index contributed by atoms with van der Waals surface area (Å²) in [5, 5.41) is 0.981. The number of carbonyl (C=O) groups excluding carboxylic acids is 1. The quantitative estimate of drug-likeness (QED) is 0.579. The van der Waals surface area contributed by atoms with E-state index >= 15 is 0 Å². The summed E-state index contributed by atoms with van der Waals surface area (Å²) in [5.74, 6) is 0.336. The van der Waals surface area contributed by atoms with Crippen LogP contribution in [0.4, 0.5) is 0 Å². The average Bonchev–Trinajstić information content (AvgIpc) is 2.93. The minimum absolute atomic E-state index is 0.256. The molecule has 2 aromatic rings. The van der Waals surface area contributed by atoms with E-state index in [1.54, 1.807) is 7.11 Å². The van der Waals surface area contributed by atoms with E-state index in [1.165, 1.54) is 12.7 Å². The van der Waals surface area contributed by atoms with E-state index in [0.29, 0.717) is 17.5 Å². The number of para-hydroxylation sites is 1. The number of fused-ring (bicyclic) bond motifs is 1. The molecule has 0 aliphatic heterocycles. The molecular formula is C21H27NO3. The number of rotatable bonds is 4. The first-order valence-electron chi connectivity index (χ1n) is 8.97. The van der Waals surface area contributed by atoms with Crippen LogP contribution in [0.3, 0.4) is 0 Å². The third-order valence-corrected chi connectivity index (χ3v) is 5.59. The Morgan fingerprint density at radius 3 is 2.56 bits per heavy atom. The van der Waals surface area contributed by atoms with Gasteiger partial charge in [-0.1, -0.05) is 18.2 Å². The number of benzene rings is 1. The number of hydrogen-bond donors (Lipinski definition) is 0. The Kier molecular flexibility index (Phi) is 5.16. The number of ether oxygens (including phenoxy) is 2. The molecule has 0 bridgehead atoms. The van der Waals surface area contributed by atoms with Gasteiger partial charge in [-0.2, -0.15) is 0 Å². The number of carbonyl (C=O) groups is 1. The molecule has 1 saturated carbocycles. The van der Waals surface area contributed by atoms with Crippen LogP contribution in [-0.4, -0.2) is 24.8 Å². The zero-order valence-corrected chi connectivity index (χ0v) is 15.5. The fourth-order valence-electron chi connectivity index (χ4n) is 4.26. The van der Waals surface area contributed by atoms with Gasteiger partial charge in [-0.3, -0.25) is 0 Å². The molecule has 0 spiro atoms. The van der Waals surface area contributed by atoms with Crippen molar-refractivity contribution in [3.8, 4) is 0 Å². The van der Waals surface area contributed by atoms with Gasteiger partial charge >= 0.3 is 5.97 Å². The van der Waals surface area contributed by atoms with Crippen molar-refractivity contribution in [2.75, 3.05) is 14.2 Å². The van der Waals surface area contributed by atoms with Crippen molar-refractivity contribution in [2.24, 2.45) is 5.92 Å². The van der Waals surface area contributed by atoms with E-state index in [0.717, 1.165) is 42.3 Å². The highest BCUT2D eigenvalue weighted by molar-refractivity contribution is 6.05. The van der Waals surface area contributed by atoms with Crippen LogP contribution in [0, 0.1) is 12.8 Å². The van der Waals surface area contributed by atoms with Crippen LogP contribution in [0.15, 0.2) is 36.1 Å². The van der Waals surface area contributed by atoms with Gasteiger partial charge in [-0.05, 0) is 57.1 Å². The molecule has 1 aromatic heterocycles. The molecule has 0 N–H and O–H groups in total. The van der Waals surface area contributed by atoms with Crippen molar-refractivity contribution in [2.45, 2.75) is 45.6 Å². The smallest absolute Gasteiger partial charge is 0.340 e. The van der Waals surface area contributed by atoms with Crippen LogP contribution in [-0.2, 0) is 9.47 Å². The van der Waals surface area contributed by atoms with Crippen molar-refractivity contribution in [1.82, 2.24) is 4.57 Å². The van der Waals surface area contributed by atoms with E-state index < -0.39 is 0 Å². The van der Waals surface area contributed by atoms with E-state index in [-0.39, 0.29) is 5.97 Å². The summed E-state index contributed by atoms with van der Waals surface area (Å²) in [7, 11) is 3.16. The highest BCUT2D eigenvalue weighted by Gasteiger charge is 2.28. The lowest BCUT2D eigenvalue weighted by atomic mass is 9.82. The van der Waals surface area contributed by atoms with Gasteiger partial charge in [0.15, 0.2) is 0 Å². The first-order valence-corrected chi connectivity index (χ1v) is 8.97. The second-order valence-corrected chi connectivity index (χ2v) is 6.93. The Labute approximate surface area is 149 Å². The topological polar surface area (TPSA) is 40.5 Å². The molecule has 0 saturated heterocycles. The Balaban J connectivity index is 1.97. The van der Waals surface area contributed by atoms with Crippen LogP contribution in [0.5, 0.6) is 0 Å². The maximum absolute atomic E-state index is 12.3. The van der Waals surface area contributed by atoms with E-state index in [1.807, 2.05) is 31.4 Å². The van der Waals surface area contributed by atoms with Crippen molar-refractivity contribution in [1.29, 1.82) is 0 Å². The zero-order valence-electron chi connectivity index (χ0n) is 15.5. The van der Waals surface area contributed by atoms with Crippen molar-refractivity contribution >= 4 is 16.9 Å². The second-order valence-electron chi connectivity index (χ2n) is 6.93. The molecule has 1 aromatic carbocycles. The minimum atomic E-state index is -0.256. The predicted octanol–water partition coefficient (Wildman–Crippen LogP) is 5.02. The van der Waals surface area contributed by atoms with Crippen molar-refractivity contribution in [3.05, 3.63) is 47.4 Å². The summed E-state index contributed by atoms with van der Waals surface area (Å²) in [6.45, 7) is 4.30. The second kappa shape index (κ2) is 7.34. The van der Waals surface area contributed by atoms with Gasteiger partial charge in [0.1, 0.15) is 0 Å². The summed E-state index contributed by atoms with van der Waals surface area (Å²) in [5.41, 5.74) is 4.21. The highest BCUT2D eigenvalue weighted by atomic mass is 16.5. The number of allylic oxidation sites excluding steroid dienone is 1. The Bertz CT molecular complexity index is 793. The number of esters is 1. The van der Waals surface area contributed by atoms with Crippen LogP contribution in [0.25, 0.3) is 10.9 Å². The molecule has 1 fully saturated rings. The number of hydrogen-bond acceptors (Lipinski definition) is 3. The molecule has 1 aliphatic rings. The summed E-state index contributed by atoms with van der Waals surface area (Å²) < 4.78 is 12.5. The molecule has 3 rings (SSSR count). The molecule has 134 valence electrons. The van der Waals surface area contributed by atoms with Gasteiger partial charge in [-0.25, -0.2) is 4.79 Å². The molecule has 4 heteroatoms. The standard InChI is InChI=1S/C21H27NO3/c1-14(17-11-9-16(10-12-17)13-24-3)22-15(2)20(21(23)25-4)18-7-5-6-8-19(18)22/h5-8,13-14,17H,9-12H2,1-4H3/t14-,17?/m1/s1. The van der Waals surface area contributed by atoms with E-state index in [2.05, 4.69) is 17.6 Å². The summed E-state index contributed by atoms with van der Waals surface area (Å²) in [4.78, 5) is 12.3. The van der Waals surface area contributed by atoms with Crippen molar-refractivity contribution in [3.63, 3.8) is 0 Å². The minimum Gasteiger partial charge on any atom is -0.504 e. The molecular weight excluding hydrogens is 314 g/mol. The predicted molar refractivity (Wildman–Crippen MR) is 99.8 cm³/mol. The maximum atomic E-state index is 12.3. The molecule has 25 heavy (non-hydrogen) atoms. The average molecular weight is 341 g/mol. The maximum Gasteiger partial charge on any atom is 0.340 e. The SMILES string of the molecule is COC=C1CCC([C@@H](C)n2c(C)c(C(=O)OC)c3ccccc32)CC1. The molecule has 0 radical (unpaired) electrons. The van der Waals surface area contributed by atoms with Gasteiger partial charge in [0, 0.05) is 22.6 Å². The van der Waals surface area contributed by atoms with Crippen LogP contribution < -0.4 is 0 Å². The first-order chi connectivity index (χ1) is 12.1. The van der Waals surface area contributed by atoms with Crippen LogP contribution in [0.2, 0.25) is 0 Å². The molecule has 1 atom stereocenters. The summed E-state index contributed by atoms with van der Waals surface area (Å²) >= 11 is 0. The lowest BCUT2D eigenvalue weighted by Gasteiger charge is -2.31. The molecule has 1 aliphatic carbocycles. The van der Waals surface area contributed by atoms with Gasteiger partial charge in [-0.15, -0.1) is 0 Å². The normalized spacial score (nSPS) is 18.9. The summed E-state index contributed by atoms with van der Waals surface area (Å²) in [6, 6.07) is 8.47. The summed E-state index contributed by atoms with van der Waals surface area (Å²) in [6.07, 6.45) is 6.37. The van der Waals surface area contributed by atoms with Gasteiger partial charge in [0.2, 0.25) is 0 Å². The fourth-order valence-corrected chi connectivity index (χ4v) is 4.26. The lowest BCUT2D eigenvalue weighted by Crippen LogP contribution is -2.21. The number of nitrogens with zero attached hydrogens (tertiary/aromatic N) is 1. The number of aromatic nitrogens is 1. The highest BCUT2D eigenvalue weighted by Crippen LogP contribution is 2.39. The fraction of sp³-hybridized carbons (Fsp3) is 0.476. The third kappa shape index (κ3) is 3.17. The molecule has 4 nitrogen and oxygen atoms in total. The monoisotopic (exact) mass is 341 g/mol. The molecule has 0 unspecified atom stereocenters. The van der Waals surface area contributed by atoms with Crippen molar-refractivity contribution < 1.29 is 14.3 Å². The number of methoxy groups -OCH3 is 2. The lowest BCUT2D eigenvalue weighted by molar-refractivity contribution is 0.0601. The third-order valence-electron chi connectivity index (χ3n) is 5.59. The van der Waals surface area contributed by atoms with Crippen LogP contribution >= 0.6 is 0 Å². The van der Waals surface area contributed by atoms with Crippen LogP contribution in [0.1, 0.15) is 54.7 Å². The van der Waals surface area contributed by atoms with Gasteiger partial charge < -0.3 is 14.0 Å². The largest absolute Gasteiger partial charge is 0.504 e. The van der Waals surface area contributed by atoms with E-state index in [9.17, 15) is 4.79 Å². The Hall–Kier alpha value is -2.23. The van der Waals surface area contributed by atoms with Gasteiger partial charge in [0.05, 0.1) is 26.0 Å². The first kappa shape index (κ1) is 17.6. The Morgan fingerprint density at radius 1 is 1.24 bits per heavy atom. The zero-order chi connectivity index (χ0) is 18.0. The Morgan fingerprint density at radius 2 is 1.92 bits per heavy atom. The molecule has 1 heterocycles. The van der Waals surface area contributed by atoms with Gasteiger partial charge in [0.25, 0.3) is 0 Å². The molecule has 0 amide bonds.